The van der Waals surface area contributed by atoms with E-state index in [4.69, 9.17) is 0 Å². The van der Waals surface area contributed by atoms with Crippen LogP contribution in [0.3, 0.4) is 0 Å². The van der Waals surface area contributed by atoms with E-state index in [0.29, 0.717) is 13.0 Å². The minimum absolute atomic E-state index is 0.0676. The highest BCUT2D eigenvalue weighted by Crippen LogP contribution is 2.24. The number of unbranched alkanes of at least 4 members (excludes halogenated alkanes) is 1. The Balaban J connectivity index is 2.82. The van der Waals surface area contributed by atoms with Gasteiger partial charge in [-0.15, -0.1) is 0 Å². The number of amides is 1. The van der Waals surface area contributed by atoms with Gasteiger partial charge in [0.05, 0.1) is 11.5 Å². The van der Waals surface area contributed by atoms with Gasteiger partial charge in [0.25, 0.3) is 0 Å². The summed E-state index contributed by atoms with van der Waals surface area (Å²) in [5.41, 5.74) is -0.444. The number of nitrogens with zero attached hydrogens (tertiary/aromatic N) is 1. The van der Waals surface area contributed by atoms with Gasteiger partial charge in [-0.25, -0.2) is 8.42 Å². The van der Waals surface area contributed by atoms with Crippen molar-refractivity contribution in [1.82, 2.24) is 4.90 Å². The molecule has 1 saturated heterocycles. The summed E-state index contributed by atoms with van der Waals surface area (Å²) in [6.07, 6.45) is 2.53. The first-order valence-corrected chi connectivity index (χ1v) is 8.51. The second-order valence-corrected chi connectivity index (χ2v) is 8.39. The van der Waals surface area contributed by atoms with E-state index in [-0.39, 0.29) is 23.5 Å². The average molecular weight is 275 g/mol. The lowest BCUT2D eigenvalue weighted by Gasteiger charge is -2.33. The molecule has 18 heavy (non-hydrogen) atoms. The van der Waals surface area contributed by atoms with Gasteiger partial charge in [0.1, 0.15) is 0 Å². The third-order valence-electron chi connectivity index (χ3n) is 3.30. The van der Waals surface area contributed by atoms with Gasteiger partial charge in [0, 0.05) is 18.0 Å². The lowest BCUT2D eigenvalue weighted by Crippen LogP contribution is -2.47. The SMILES string of the molecule is CCCCN(C(=O)C(C)(C)C)C1CCS(=O)(=O)C1. The third kappa shape index (κ3) is 3.97. The molecular formula is C13H25NO3S. The van der Waals surface area contributed by atoms with Crippen molar-refractivity contribution in [3.63, 3.8) is 0 Å². The Morgan fingerprint density at radius 1 is 1.33 bits per heavy atom. The van der Waals surface area contributed by atoms with Crippen molar-refractivity contribution in [3.05, 3.63) is 0 Å². The Kier molecular flexibility index (Phi) is 4.81. The summed E-state index contributed by atoms with van der Waals surface area (Å²) in [5.74, 6) is 0.425. The van der Waals surface area contributed by atoms with Crippen LogP contribution in [0.1, 0.15) is 47.0 Å². The van der Waals surface area contributed by atoms with Gasteiger partial charge >= 0.3 is 0 Å². The summed E-state index contributed by atoms with van der Waals surface area (Å²) in [7, 11) is -2.94. The smallest absolute Gasteiger partial charge is 0.228 e. The zero-order chi connectivity index (χ0) is 14.0. The third-order valence-corrected chi connectivity index (χ3v) is 5.05. The largest absolute Gasteiger partial charge is 0.338 e. The van der Waals surface area contributed by atoms with Crippen LogP contribution >= 0.6 is 0 Å². The molecule has 0 aromatic carbocycles. The molecule has 1 heterocycles. The summed E-state index contributed by atoms with van der Waals surface area (Å²) in [6.45, 7) is 8.41. The van der Waals surface area contributed by atoms with Crippen molar-refractivity contribution < 1.29 is 13.2 Å². The fourth-order valence-electron chi connectivity index (χ4n) is 2.23. The van der Waals surface area contributed by atoms with Crippen LogP contribution in [-0.2, 0) is 14.6 Å². The summed E-state index contributed by atoms with van der Waals surface area (Å²) >= 11 is 0. The number of hydrogen-bond acceptors (Lipinski definition) is 3. The van der Waals surface area contributed by atoms with Crippen molar-refractivity contribution >= 4 is 15.7 Å². The van der Waals surface area contributed by atoms with E-state index in [0.717, 1.165) is 12.8 Å². The van der Waals surface area contributed by atoms with Crippen LogP contribution in [0.2, 0.25) is 0 Å². The molecule has 0 aromatic rings. The van der Waals surface area contributed by atoms with Gasteiger partial charge in [-0.3, -0.25) is 4.79 Å². The minimum atomic E-state index is -2.94. The molecule has 0 saturated carbocycles. The molecule has 5 heteroatoms. The summed E-state index contributed by atoms with van der Waals surface area (Å²) < 4.78 is 23.1. The molecule has 1 atom stereocenters. The molecule has 0 spiro atoms. The highest BCUT2D eigenvalue weighted by molar-refractivity contribution is 7.91. The second kappa shape index (κ2) is 5.59. The van der Waals surface area contributed by atoms with Crippen molar-refractivity contribution in [2.45, 2.75) is 53.0 Å². The molecular weight excluding hydrogens is 250 g/mol. The number of sulfone groups is 1. The standard InChI is InChI=1S/C13H25NO3S/c1-5-6-8-14(12(15)13(2,3)4)11-7-9-18(16,17)10-11/h11H,5-10H2,1-4H3. The van der Waals surface area contributed by atoms with E-state index in [2.05, 4.69) is 6.92 Å². The van der Waals surface area contributed by atoms with Crippen molar-refractivity contribution in [2.75, 3.05) is 18.1 Å². The molecule has 0 bridgehead atoms. The van der Waals surface area contributed by atoms with Gasteiger partial charge in [-0.2, -0.15) is 0 Å². The number of hydrogen-bond donors (Lipinski definition) is 0. The zero-order valence-electron chi connectivity index (χ0n) is 11.9. The number of carbonyl (C=O) groups excluding carboxylic acids is 1. The highest BCUT2D eigenvalue weighted by atomic mass is 32.2. The van der Waals surface area contributed by atoms with E-state index < -0.39 is 15.3 Å². The first-order valence-electron chi connectivity index (χ1n) is 6.69. The summed E-state index contributed by atoms with van der Waals surface area (Å²) in [5, 5.41) is 0. The maximum absolute atomic E-state index is 12.4. The van der Waals surface area contributed by atoms with Gasteiger partial charge in [0.15, 0.2) is 9.84 Å². The van der Waals surface area contributed by atoms with Crippen LogP contribution in [0.5, 0.6) is 0 Å². The molecule has 106 valence electrons. The van der Waals surface area contributed by atoms with Crippen LogP contribution in [0.15, 0.2) is 0 Å². The fraction of sp³-hybridized carbons (Fsp3) is 0.923. The summed E-state index contributed by atoms with van der Waals surface area (Å²) in [4.78, 5) is 14.2. The quantitative estimate of drug-likeness (QED) is 0.787. The maximum Gasteiger partial charge on any atom is 0.228 e. The number of rotatable bonds is 4. The van der Waals surface area contributed by atoms with Crippen molar-refractivity contribution in [1.29, 1.82) is 0 Å². The minimum Gasteiger partial charge on any atom is -0.338 e. The van der Waals surface area contributed by atoms with Crippen molar-refractivity contribution in [3.8, 4) is 0 Å². The van der Waals surface area contributed by atoms with Gasteiger partial charge < -0.3 is 4.90 Å². The fourth-order valence-corrected chi connectivity index (χ4v) is 3.96. The Labute approximate surface area is 111 Å². The molecule has 1 unspecified atom stereocenters. The van der Waals surface area contributed by atoms with E-state index in [1.54, 1.807) is 4.90 Å². The first-order chi connectivity index (χ1) is 8.17. The van der Waals surface area contributed by atoms with Crippen LogP contribution < -0.4 is 0 Å². The summed E-state index contributed by atoms with van der Waals surface area (Å²) in [6, 6.07) is -0.117. The van der Waals surface area contributed by atoms with E-state index in [1.165, 1.54) is 0 Å². The second-order valence-electron chi connectivity index (χ2n) is 6.16. The topological polar surface area (TPSA) is 54.5 Å². The first kappa shape index (κ1) is 15.5. The molecule has 0 aliphatic carbocycles. The molecule has 0 radical (unpaired) electrons. The maximum atomic E-state index is 12.4. The van der Waals surface area contributed by atoms with Gasteiger partial charge in [-0.1, -0.05) is 34.1 Å². The Hall–Kier alpha value is -0.580. The van der Waals surface area contributed by atoms with Gasteiger partial charge in [-0.05, 0) is 12.8 Å². The molecule has 1 aliphatic heterocycles. The Morgan fingerprint density at radius 2 is 1.94 bits per heavy atom. The predicted molar refractivity (Wildman–Crippen MR) is 73.1 cm³/mol. The van der Waals surface area contributed by atoms with E-state index in [1.807, 2.05) is 20.8 Å². The van der Waals surface area contributed by atoms with Crippen LogP contribution in [0.4, 0.5) is 0 Å². The monoisotopic (exact) mass is 275 g/mol. The average Bonchev–Trinajstić information content (AvgIpc) is 2.58. The highest BCUT2D eigenvalue weighted by Gasteiger charge is 2.37. The van der Waals surface area contributed by atoms with Crippen LogP contribution in [-0.4, -0.2) is 43.3 Å². The van der Waals surface area contributed by atoms with Crippen LogP contribution in [0.25, 0.3) is 0 Å². The van der Waals surface area contributed by atoms with Crippen molar-refractivity contribution in [2.24, 2.45) is 5.41 Å². The molecule has 1 amide bonds. The van der Waals surface area contributed by atoms with E-state index >= 15 is 0 Å². The number of carbonyl (C=O) groups is 1. The molecule has 4 nitrogen and oxygen atoms in total. The van der Waals surface area contributed by atoms with Crippen LogP contribution in [0, 0.1) is 5.41 Å². The van der Waals surface area contributed by atoms with Gasteiger partial charge in [0.2, 0.25) is 5.91 Å². The molecule has 1 rings (SSSR count). The Morgan fingerprint density at radius 3 is 2.33 bits per heavy atom. The normalized spacial score (nSPS) is 23.0. The lowest BCUT2D eigenvalue weighted by atomic mass is 9.93. The lowest BCUT2D eigenvalue weighted by molar-refractivity contribution is -0.141. The molecule has 1 aliphatic rings. The van der Waals surface area contributed by atoms with E-state index in [9.17, 15) is 13.2 Å². The predicted octanol–water partition coefficient (Wildman–Crippen LogP) is 1.85. The molecule has 1 fully saturated rings. The molecule has 0 N–H and O–H groups in total. The Bertz CT molecular complexity index is 395. The molecule has 0 aromatic heterocycles. The zero-order valence-corrected chi connectivity index (χ0v) is 12.7.